The third-order valence-corrected chi connectivity index (χ3v) is 3.10. The van der Waals surface area contributed by atoms with Gasteiger partial charge in [0.15, 0.2) is 11.5 Å². The average molecular weight is 253 g/mol. The summed E-state index contributed by atoms with van der Waals surface area (Å²) in [6.07, 6.45) is 3.49. The second kappa shape index (κ2) is 3.98. The van der Waals surface area contributed by atoms with Gasteiger partial charge in [-0.2, -0.15) is 0 Å². The molecule has 19 heavy (non-hydrogen) atoms. The number of fused-ring (bicyclic) bond motifs is 2. The molecule has 0 unspecified atom stereocenters. The van der Waals surface area contributed by atoms with Crippen molar-refractivity contribution in [3.8, 4) is 22.9 Å². The van der Waals surface area contributed by atoms with Gasteiger partial charge < -0.3 is 14.5 Å². The van der Waals surface area contributed by atoms with Crippen LogP contribution in [0.25, 0.3) is 22.4 Å². The van der Waals surface area contributed by atoms with E-state index in [1.807, 2.05) is 24.3 Å². The van der Waals surface area contributed by atoms with Crippen LogP contribution in [0, 0.1) is 0 Å². The molecule has 1 aliphatic heterocycles. The number of aromatic nitrogens is 3. The number of benzene rings is 1. The highest BCUT2D eigenvalue weighted by atomic mass is 16.6. The topological polar surface area (TPSA) is 60.0 Å². The molecule has 5 heteroatoms. The molecule has 0 spiro atoms. The second-order valence-electron chi connectivity index (χ2n) is 4.31. The molecule has 4 rings (SSSR count). The van der Waals surface area contributed by atoms with Crippen LogP contribution in [0.15, 0.2) is 36.7 Å². The number of pyridine rings is 1. The Morgan fingerprint density at radius 3 is 3.00 bits per heavy atom. The lowest BCUT2D eigenvalue weighted by atomic mass is 10.1. The highest BCUT2D eigenvalue weighted by Crippen LogP contribution is 2.39. The van der Waals surface area contributed by atoms with Crippen LogP contribution in [-0.4, -0.2) is 28.2 Å². The summed E-state index contributed by atoms with van der Waals surface area (Å²) in [6.45, 7) is 1.15. The van der Waals surface area contributed by atoms with Crippen molar-refractivity contribution >= 4 is 11.0 Å². The fourth-order valence-corrected chi connectivity index (χ4v) is 2.24. The van der Waals surface area contributed by atoms with Crippen LogP contribution < -0.4 is 9.47 Å². The van der Waals surface area contributed by atoms with Crippen molar-refractivity contribution < 1.29 is 9.47 Å². The molecule has 0 saturated heterocycles. The molecule has 5 nitrogen and oxygen atoms in total. The Balaban J connectivity index is 1.92. The lowest BCUT2D eigenvalue weighted by molar-refractivity contribution is 0.172. The monoisotopic (exact) mass is 253 g/mol. The van der Waals surface area contributed by atoms with E-state index in [1.165, 1.54) is 0 Å². The summed E-state index contributed by atoms with van der Waals surface area (Å²) in [5, 5.41) is 0. The van der Waals surface area contributed by atoms with Crippen LogP contribution >= 0.6 is 0 Å². The molecule has 1 N–H and O–H groups in total. The maximum absolute atomic E-state index is 5.70. The minimum absolute atomic E-state index is 0.561. The smallest absolute Gasteiger partial charge is 0.172 e. The maximum atomic E-state index is 5.70. The zero-order valence-electron chi connectivity index (χ0n) is 10.1. The highest BCUT2D eigenvalue weighted by molar-refractivity contribution is 5.80. The van der Waals surface area contributed by atoms with Crippen molar-refractivity contribution in [2.45, 2.75) is 0 Å². The van der Waals surface area contributed by atoms with Crippen LogP contribution in [-0.2, 0) is 0 Å². The third-order valence-electron chi connectivity index (χ3n) is 3.10. The first-order valence-electron chi connectivity index (χ1n) is 6.10. The van der Waals surface area contributed by atoms with E-state index < -0.39 is 0 Å². The van der Waals surface area contributed by atoms with Crippen LogP contribution in [0.4, 0.5) is 0 Å². The molecule has 3 heterocycles. The summed E-state index contributed by atoms with van der Waals surface area (Å²) in [7, 11) is 0. The molecule has 1 aliphatic rings. The molecule has 1 aromatic carbocycles. The first kappa shape index (κ1) is 10.4. The zero-order chi connectivity index (χ0) is 12.7. The number of ether oxygens (including phenoxy) is 2. The Kier molecular flexibility index (Phi) is 2.17. The van der Waals surface area contributed by atoms with E-state index >= 15 is 0 Å². The van der Waals surface area contributed by atoms with Gasteiger partial charge in [0.1, 0.15) is 19.0 Å². The van der Waals surface area contributed by atoms with Crippen LogP contribution in [0.3, 0.4) is 0 Å². The van der Waals surface area contributed by atoms with E-state index in [-0.39, 0.29) is 0 Å². The van der Waals surface area contributed by atoms with Crippen LogP contribution in [0.5, 0.6) is 11.5 Å². The molecular formula is C14H11N3O2. The molecule has 0 atom stereocenters. The number of rotatable bonds is 1. The Hall–Kier alpha value is -2.56. The normalized spacial score (nSPS) is 13.7. The summed E-state index contributed by atoms with van der Waals surface area (Å²) in [5.74, 6) is 2.29. The standard InChI is InChI=1S/C14H11N3O2/c1-2-9(13-12(3-1)18-6-7-19-13)14-16-10-4-5-15-8-11(10)17-14/h1-5,8H,6-7H2,(H,16,17). The fourth-order valence-electron chi connectivity index (χ4n) is 2.24. The number of para-hydroxylation sites is 1. The molecule has 3 aromatic rings. The molecule has 0 saturated carbocycles. The first-order valence-corrected chi connectivity index (χ1v) is 6.10. The number of hydrogen-bond acceptors (Lipinski definition) is 4. The Labute approximate surface area is 109 Å². The van der Waals surface area contributed by atoms with Gasteiger partial charge in [0.2, 0.25) is 0 Å². The minimum Gasteiger partial charge on any atom is -0.486 e. The summed E-state index contributed by atoms with van der Waals surface area (Å²) in [5.41, 5.74) is 2.71. The Morgan fingerprint density at radius 1 is 1.11 bits per heavy atom. The molecule has 2 aromatic heterocycles. The Morgan fingerprint density at radius 2 is 2.05 bits per heavy atom. The predicted octanol–water partition coefficient (Wildman–Crippen LogP) is 2.40. The molecule has 0 aliphatic carbocycles. The Bertz CT molecular complexity index is 718. The van der Waals surface area contributed by atoms with Crippen molar-refractivity contribution in [2.75, 3.05) is 13.2 Å². The number of nitrogens with zero attached hydrogens (tertiary/aromatic N) is 2. The largest absolute Gasteiger partial charge is 0.486 e. The summed E-state index contributed by atoms with van der Waals surface area (Å²) in [4.78, 5) is 11.9. The van der Waals surface area contributed by atoms with Gasteiger partial charge >= 0.3 is 0 Å². The molecule has 0 amide bonds. The number of imidazole rings is 1. The summed E-state index contributed by atoms with van der Waals surface area (Å²) < 4.78 is 11.3. The van der Waals surface area contributed by atoms with E-state index in [0.717, 1.165) is 33.9 Å². The van der Waals surface area contributed by atoms with Gasteiger partial charge in [0.05, 0.1) is 22.8 Å². The first-order chi connectivity index (χ1) is 9.42. The van der Waals surface area contributed by atoms with Crippen molar-refractivity contribution in [1.29, 1.82) is 0 Å². The highest BCUT2D eigenvalue weighted by Gasteiger charge is 2.18. The lowest BCUT2D eigenvalue weighted by Gasteiger charge is -2.20. The van der Waals surface area contributed by atoms with Gasteiger partial charge in [-0.15, -0.1) is 0 Å². The van der Waals surface area contributed by atoms with Gasteiger partial charge in [-0.05, 0) is 18.2 Å². The van der Waals surface area contributed by atoms with E-state index in [1.54, 1.807) is 12.4 Å². The number of hydrogen-bond donors (Lipinski definition) is 1. The van der Waals surface area contributed by atoms with Crippen molar-refractivity contribution in [3.05, 3.63) is 36.7 Å². The maximum Gasteiger partial charge on any atom is 0.172 e. The SMILES string of the molecule is c1cc2c(c(-c3nc4ccncc4[nH]3)c1)OCCO2. The molecule has 0 bridgehead atoms. The van der Waals surface area contributed by atoms with Gasteiger partial charge in [0.25, 0.3) is 0 Å². The molecule has 0 radical (unpaired) electrons. The van der Waals surface area contributed by atoms with Gasteiger partial charge in [0, 0.05) is 6.20 Å². The zero-order valence-corrected chi connectivity index (χ0v) is 10.1. The van der Waals surface area contributed by atoms with Gasteiger partial charge in [-0.25, -0.2) is 4.98 Å². The number of aromatic amines is 1. The van der Waals surface area contributed by atoms with Crippen molar-refractivity contribution in [3.63, 3.8) is 0 Å². The molecular weight excluding hydrogens is 242 g/mol. The van der Waals surface area contributed by atoms with E-state index in [0.29, 0.717) is 13.2 Å². The van der Waals surface area contributed by atoms with E-state index in [4.69, 9.17) is 9.47 Å². The third kappa shape index (κ3) is 1.62. The molecule has 94 valence electrons. The lowest BCUT2D eigenvalue weighted by Crippen LogP contribution is -2.15. The fraction of sp³-hybridized carbons (Fsp3) is 0.143. The predicted molar refractivity (Wildman–Crippen MR) is 70.3 cm³/mol. The van der Waals surface area contributed by atoms with Crippen molar-refractivity contribution in [1.82, 2.24) is 15.0 Å². The van der Waals surface area contributed by atoms with Gasteiger partial charge in [-0.3, -0.25) is 4.98 Å². The van der Waals surface area contributed by atoms with Crippen LogP contribution in [0.2, 0.25) is 0 Å². The van der Waals surface area contributed by atoms with Crippen molar-refractivity contribution in [2.24, 2.45) is 0 Å². The molecule has 0 fully saturated rings. The second-order valence-corrected chi connectivity index (χ2v) is 4.31. The number of H-pyrrole nitrogens is 1. The summed E-state index contributed by atoms with van der Waals surface area (Å²) in [6, 6.07) is 7.69. The minimum atomic E-state index is 0.561. The average Bonchev–Trinajstić information content (AvgIpc) is 2.90. The number of nitrogens with one attached hydrogen (secondary N) is 1. The van der Waals surface area contributed by atoms with E-state index in [9.17, 15) is 0 Å². The summed E-state index contributed by atoms with van der Waals surface area (Å²) >= 11 is 0. The van der Waals surface area contributed by atoms with Crippen LogP contribution in [0.1, 0.15) is 0 Å². The quantitative estimate of drug-likeness (QED) is 0.723. The van der Waals surface area contributed by atoms with Gasteiger partial charge in [-0.1, -0.05) is 6.07 Å². The van der Waals surface area contributed by atoms with E-state index in [2.05, 4.69) is 15.0 Å².